The molecule has 0 saturated carbocycles. The van der Waals surface area contributed by atoms with Gasteiger partial charge in [0.2, 0.25) is 5.78 Å². The predicted molar refractivity (Wildman–Crippen MR) is 126 cm³/mol. The Morgan fingerprint density at radius 3 is 2.53 bits per heavy atom. The van der Waals surface area contributed by atoms with E-state index in [1.54, 1.807) is 11.6 Å². The number of aromatic nitrogens is 4. The van der Waals surface area contributed by atoms with Gasteiger partial charge in [0.1, 0.15) is 5.75 Å². The number of para-hydroxylation sites is 3. The quantitative estimate of drug-likeness (QED) is 0.420. The highest BCUT2D eigenvalue weighted by molar-refractivity contribution is 5.81. The Bertz CT molecular complexity index is 1490. The fourth-order valence-corrected chi connectivity index (χ4v) is 3.93. The number of benzene rings is 3. The van der Waals surface area contributed by atoms with Crippen LogP contribution < -0.4 is 15.2 Å². The van der Waals surface area contributed by atoms with Crippen LogP contribution in [0.15, 0.2) is 77.6 Å². The minimum atomic E-state index is -0.0786. The second kappa shape index (κ2) is 7.85. The van der Waals surface area contributed by atoms with Crippen LogP contribution in [0.2, 0.25) is 0 Å². The first kappa shape index (κ1) is 19.8. The Balaban J connectivity index is 1.56. The molecule has 2 heterocycles. The van der Waals surface area contributed by atoms with Gasteiger partial charge in [-0.2, -0.15) is 0 Å². The Morgan fingerprint density at radius 2 is 1.72 bits per heavy atom. The fraction of sp³-hybridized carbons (Fsp3) is 0.160. The maximum atomic E-state index is 12.8. The molecule has 0 radical (unpaired) electrons. The third-order valence-corrected chi connectivity index (χ3v) is 5.57. The Labute approximate surface area is 185 Å². The third kappa shape index (κ3) is 3.37. The summed E-state index contributed by atoms with van der Waals surface area (Å²) in [5.41, 5.74) is 2.69. The molecule has 0 atom stereocenters. The highest BCUT2D eigenvalue weighted by Crippen LogP contribution is 2.32. The summed E-state index contributed by atoms with van der Waals surface area (Å²) >= 11 is 0. The number of anilines is 1. The van der Waals surface area contributed by atoms with Crippen LogP contribution in [0.5, 0.6) is 11.5 Å². The molecule has 0 saturated heterocycles. The minimum absolute atomic E-state index is 0.0786. The molecule has 0 aliphatic rings. The van der Waals surface area contributed by atoms with Gasteiger partial charge in [0.25, 0.3) is 5.56 Å². The van der Waals surface area contributed by atoms with Crippen molar-refractivity contribution in [1.29, 1.82) is 0 Å². The van der Waals surface area contributed by atoms with E-state index in [0.29, 0.717) is 17.7 Å². The molecule has 0 fully saturated rings. The normalized spacial score (nSPS) is 11.2. The molecule has 32 heavy (non-hydrogen) atoms. The monoisotopic (exact) mass is 425 g/mol. The standard InChI is InChI=1S/C25H23N5O2/c1-17-13-14-20-19(15-17)24(31)29(3)25-27-26-23(30(20)25)16-28(2)21-11-7-8-12-22(21)32-18-9-5-4-6-10-18/h4-15H,16H2,1-3H3. The van der Waals surface area contributed by atoms with Crippen molar-refractivity contribution in [3.8, 4) is 11.5 Å². The van der Waals surface area contributed by atoms with E-state index in [-0.39, 0.29) is 5.56 Å². The summed E-state index contributed by atoms with van der Waals surface area (Å²) in [6.45, 7) is 2.46. The molecule has 0 spiro atoms. The maximum Gasteiger partial charge on any atom is 0.262 e. The minimum Gasteiger partial charge on any atom is -0.455 e. The summed E-state index contributed by atoms with van der Waals surface area (Å²) in [5.74, 6) is 2.78. The summed E-state index contributed by atoms with van der Waals surface area (Å²) in [5, 5.41) is 9.38. The lowest BCUT2D eigenvalue weighted by Gasteiger charge is -2.21. The Kier molecular flexibility index (Phi) is 4.86. The SMILES string of the molecule is Cc1ccc2c(c1)c(=O)n(C)c1nnc(CN(C)c3ccccc3Oc3ccccc3)n21. The first-order valence-corrected chi connectivity index (χ1v) is 10.4. The van der Waals surface area contributed by atoms with Gasteiger partial charge in [0, 0.05) is 14.1 Å². The molecular formula is C25H23N5O2. The lowest BCUT2D eigenvalue weighted by atomic mass is 10.1. The van der Waals surface area contributed by atoms with Gasteiger partial charge in [-0.05, 0) is 43.3 Å². The molecule has 0 bridgehead atoms. The molecule has 2 aromatic heterocycles. The molecule has 5 rings (SSSR count). The van der Waals surface area contributed by atoms with Crippen molar-refractivity contribution < 1.29 is 4.74 Å². The van der Waals surface area contributed by atoms with Gasteiger partial charge in [-0.15, -0.1) is 10.2 Å². The zero-order valence-corrected chi connectivity index (χ0v) is 18.2. The number of hydrogen-bond donors (Lipinski definition) is 0. The number of ether oxygens (including phenoxy) is 1. The molecule has 0 aliphatic heterocycles. The van der Waals surface area contributed by atoms with E-state index >= 15 is 0 Å². The van der Waals surface area contributed by atoms with Crippen molar-refractivity contribution in [3.63, 3.8) is 0 Å². The van der Waals surface area contributed by atoms with Crippen LogP contribution >= 0.6 is 0 Å². The molecule has 0 N–H and O–H groups in total. The van der Waals surface area contributed by atoms with Gasteiger partial charge >= 0.3 is 0 Å². The number of rotatable bonds is 5. The molecule has 7 nitrogen and oxygen atoms in total. The van der Waals surface area contributed by atoms with Gasteiger partial charge < -0.3 is 9.64 Å². The molecule has 3 aromatic carbocycles. The molecular weight excluding hydrogens is 402 g/mol. The van der Waals surface area contributed by atoms with Crippen molar-refractivity contribution >= 4 is 22.4 Å². The van der Waals surface area contributed by atoms with E-state index in [4.69, 9.17) is 4.74 Å². The van der Waals surface area contributed by atoms with Gasteiger partial charge in [0.15, 0.2) is 11.6 Å². The van der Waals surface area contributed by atoms with Crippen LogP contribution in [-0.2, 0) is 13.6 Å². The van der Waals surface area contributed by atoms with Gasteiger partial charge in [-0.1, -0.05) is 42.0 Å². The predicted octanol–water partition coefficient (Wildman–Crippen LogP) is 4.32. The van der Waals surface area contributed by atoms with Gasteiger partial charge in [-0.3, -0.25) is 13.8 Å². The van der Waals surface area contributed by atoms with Crippen molar-refractivity contribution in [1.82, 2.24) is 19.2 Å². The van der Waals surface area contributed by atoms with Crippen LogP contribution in [-0.4, -0.2) is 26.2 Å². The molecule has 0 amide bonds. The summed E-state index contributed by atoms with van der Waals surface area (Å²) in [4.78, 5) is 14.9. The van der Waals surface area contributed by atoms with E-state index in [1.165, 1.54) is 0 Å². The smallest absolute Gasteiger partial charge is 0.262 e. The summed E-state index contributed by atoms with van der Waals surface area (Å²) in [7, 11) is 3.72. The van der Waals surface area contributed by atoms with Crippen molar-refractivity contribution in [2.45, 2.75) is 13.5 Å². The fourth-order valence-electron chi connectivity index (χ4n) is 3.93. The van der Waals surface area contributed by atoms with Crippen LogP contribution in [0.3, 0.4) is 0 Å². The second-order valence-corrected chi connectivity index (χ2v) is 7.88. The van der Waals surface area contributed by atoms with E-state index in [1.807, 2.05) is 91.2 Å². The van der Waals surface area contributed by atoms with Crippen molar-refractivity contribution in [2.24, 2.45) is 7.05 Å². The van der Waals surface area contributed by atoms with E-state index in [0.717, 1.165) is 34.1 Å². The van der Waals surface area contributed by atoms with Crippen molar-refractivity contribution in [2.75, 3.05) is 11.9 Å². The van der Waals surface area contributed by atoms with E-state index < -0.39 is 0 Å². The molecule has 160 valence electrons. The van der Waals surface area contributed by atoms with Crippen LogP contribution in [0, 0.1) is 6.92 Å². The van der Waals surface area contributed by atoms with Crippen molar-refractivity contribution in [3.05, 3.63) is 94.5 Å². The Morgan fingerprint density at radius 1 is 0.969 bits per heavy atom. The van der Waals surface area contributed by atoms with E-state index in [2.05, 4.69) is 15.1 Å². The summed E-state index contributed by atoms with van der Waals surface area (Å²) in [6.07, 6.45) is 0. The third-order valence-electron chi connectivity index (χ3n) is 5.57. The molecule has 0 unspecified atom stereocenters. The number of nitrogens with zero attached hydrogens (tertiary/aromatic N) is 5. The topological polar surface area (TPSA) is 64.7 Å². The largest absolute Gasteiger partial charge is 0.455 e. The summed E-state index contributed by atoms with van der Waals surface area (Å²) in [6, 6.07) is 23.5. The zero-order chi connectivity index (χ0) is 22.2. The molecule has 7 heteroatoms. The van der Waals surface area contributed by atoms with Crippen LogP contribution in [0.4, 0.5) is 5.69 Å². The molecule has 0 aliphatic carbocycles. The zero-order valence-electron chi connectivity index (χ0n) is 18.2. The highest BCUT2D eigenvalue weighted by atomic mass is 16.5. The van der Waals surface area contributed by atoms with Crippen LogP contribution in [0.1, 0.15) is 11.4 Å². The summed E-state index contributed by atoms with van der Waals surface area (Å²) < 4.78 is 9.62. The number of fused-ring (bicyclic) bond motifs is 3. The first-order chi connectivity index (χ1) is 15.5. The molecule has 5 aromatic rings. The van der Waals surface area contributed by atoms with Crippen LogP contribution in [0.25, 0.3) is 16.7 Å². The van der Waals surface area contributed by atoms with E-state index in [9.17, 15) is 4.79 Å². The average Bonchev–Trinajstić information content (AvgIpc) is 3.22. The maximum absolute atomic E-state index is 12.8. The lowest BCUT2D eigenvalue weighted by molar-refractivity contribution is 0.482. The van der Waals surface area contributed by atoms with Gasteiger partial charge in [-0.25, -0.2) is 0 Å². The van der Waals surface area contributed by atoms with Gasteiger partial charge in [0.05, 0.1) is 23.1 Å². The number of hydrogen-bond acceptors (Lipinski definition) is 5. The second-order valence-electron chi connectivity index (χ2n) is 7.88. The Hall–Kier alpha value is -4.13. The lowest BCUT2D eigenvalue weighted by Crippen LogP contribution is -2.22. The number of aryl methyl sites for hydroxylation is 2. The highest BCUT2D eigenvalue weighted by Gasteiger charge is 2.17. The average molecular weight is 425 g/mol. The first-order valence-electron chi connectivity index (χ1n) is 10.4.